The van der Waals surface area contributed by atoms with Gasteiger partial charge in [0.05, 0.1) is 5.60 Å². The van der Waals surface area contributed by atoms with E-state index in [1.54, 1.807) is 0 Å². The highest BCUT2D eigenvalue weighted by atomic mass is 16.3. The van der Waals surface area contributed by atoms with E-state index in [2.05, 4.69) is 0 Å². The minimum absolute atomic E-state index is 0.104. The van der Waals surface area contributed by atoms with E-state index >= 15 is 0 Å². The third-order valence-electron chi connectivity index (χ3n) is 6.03. The molecule has 2 aromatic rings. The van der Waals surface area contributed by atoms with E-state index in [0.717, 1.165) is 36.8 Å². The molecule has 0 spiro atoms. The Morgan fingerprint density at radius 1 is 0.960 bits per heavy atom. The standard InChI is InChI=1S/C22H25NO2/c24-21(17-9-3-1-4-10-17)23-16-15-22(25,18-11-5-2-6-12-18)19-13-7-8-14-20(19)23/h1-6,9-12,19-20,25H,7-8,13-16H2/t19-,20+,22-/m0/s1. The molecule has 25 heavy (non-hydrogen) atoms. The Labute approximate surface area is 149 Å². The van der Waals surface area contributed by atoms with E-state index in [1.807, 2.05) is 65.6 Å². The van der Waals surface area contributed by atoms with Gasteiger partial charge in [-0.2, -0.15) is 0 Å². The summed E-state index contributed by atoms with van der Waals surface area (Å²) in [6.45, 7) is 0.611. The summed E-state index contributed by atoms with van der Waals surface area (Å²) in [5.74, 6) is 0.220. The van der Waals surface area contributed by atoms with Gasteiger partial charge < -0.3 is 10.0 Å². The number of carbonyl (C=O) groups excluding carboxylic acids is 1. The number of likely N-dealkylation sites (tertiary alicyclic amines) is 1. The topological polar surface area (TPSA) is 40.5 Å². The molecule has 1 saturated carbocycles. The predicted octanol–water partition coefficient (Wildman–Crippen LogP) is 3.98. The molecule has 3 heteroatoms. The number of rotatable bonds is 2. The summed E-state index contributed by atoms with van der Waals surface area (Å²) in [6, 6.07) is 19.7. The van der Waals surface area contributed by atoms with Gasteiger partial charge in [0.15, 0.2) is 0 Å². The largest absolute Gasteiger partial charge is 0.385 e. The van der Waals surface area contributed by atoms with Gasteiger partial charge >= 0.3 is 0 Å². The molecule has 3 nitrogen and oxygen atoms in total. The number of hydrogen-bond donors (Lipinski definition) is 1. The van der Waals surface area contributed by atoms with Crippen molar-refractivity contribution in [2.45, 2.75) is 43.7 Å². The Hall–Kier alpha value is -2.13. The van der Waals surface area contributed by atoms with Crippen LogP contribution in [0.25, 0.3) is 0 Å². The van der Waals surface area contributed by atoms with E-state index in [-0.39, 0.29) is 17.9 Å². The van der Waals surface area contributed by atoms with Crippen LogP contribution in [0.1, 0.15) is 48.0 Å². The van der Waals surface area contributed by atoms with Crippen molar-refractivity contribution in [3.63, 3.8) is 0 Å². The van der Waals surface area contributed by atoms with Crippen LogP contribution in [0.5, 0.6) is 0 Å². The highest BCUT2D eigenvalue weighted by molar-refractivity contribution is 5.94. The molecule has 1 aliphatic heterocycles. The molecule has 1 saturated heterocycles. The zero-order valence-electron chi connectivity index (χ0n) is 14.5. The SMILES string of the molecule is O=C(c1ccccc1)N1CC[C@](O)(c2ccccc2)[C@H]2CCCC[C@H]21. The first kappa shape index (κ1) is 16.3. The van der Waals surface area contributed by atoms with Gasteiger partial charge in [0.1, 0.15) is 0 Å². The molecule has 130 valence electrons. The Morgan fingerprint density at radius 2 is 1.60 bits per heavy atom. The highest BCUT2D eigenvalue weighted by Crippen LogP contribution is 2.47. The number of amides is 1. The van der Waals surface area contributed by atoms with Crippen LogP contribution in [0.2, 0.25) is 0 Å². The monoisotopic (exact) mass is 335 g/mol. The van der Waals surface area contributed by atoms with Crippen molar-refractivity contribution in [3.8, 4) is 0 Å². The van der Waals surface area contributed by atoms with Crippen molar-refractivity contribution in [1.82, 2.24) is 4.90 Å². The van der Waals surface area contributed by atoms with Crippen molar-refractivity contribution >= 4 is 5.91 Å². The van der Waals surface area contributed by atoms with Crippen LogP contribution < -0.4 is 0 Å². The van der Waals surface area contributed by atoms with Gasteiger partial charge in [0, 0.05) is 24.1 Å². The lowest BCUT2D eigenvalue weighted by atomic mass is 9.66. The van der Waals surface area contributed by atoms with E-state index in [9.17, 15) is 9.90 Å². The van der Waals surface area contributed by atoms with Crippen molar-refractivity contribution in [2.24, 2.45) is 5.92 Å². The Bertz CT molecular complexity index is 730. The van der Waals surface area contributed by atoms with Gasteiger partial charge in [-0.15, -0.1) is 0 Å². The number of aliphatic hydroxyl groups is 1. The van der Waals surface area contributed by atoms with Crippen molar-refractivity contribution in [2.75, 3.05) is 6.54 Å². The molecule has 2 fully saturated rings. The summed E-state index contributed by atoms with van der Waals surface area (Å²) in [6.07, 6.45) is 4.83. The molecule has 0 aromatic heterocycles. The first-order valence-corrected chi connectivity index (χ1v) is 9.34. The van der Waals surface area contributed by atoms with E-state index in [4.69, 9.17) is 0 Å². The Morgan fingerprint density at radius 3 is 2.32 bits per heavy atom. The fourth-order valence-electron chi connectivity index (χ4n) is 4.77. The second kappa shape index (κ2) is 6.64. The molecule has 4 rings (SSSR count). The van der Waals surface area contributed by atoms with E-state index in [1.165, 1.54) is 0 Å². The molecule has 1 N–H and O–H groups in total. The lowest BCUT2D eigenvalue weighted by Crippen LogP contribution is -2.58. The number of benzene rings is 2. The zero-order chi connectivity index (χ0) is 17.3. The maximum Gasteiger partial charge on any atom is 0.254 e. The van der Waals surface area contributed by atoms with Crippen LogP contribution >= 0.6 is 0 Å². The lowest BCUT2D eigenvalue weighted by molar-refractivity contribution is -0.110. The van der Waals surface area contributed by atoms with Crippen LogP contribution in [0.4, 0.5) is 0 Å². The van der Waals surface area contributed by atoms with Crippen LogP contribution in [-0.2, 0) is 5.60 Å². The number of nitrogens with zero attached hydrogens (tertiary/aromatic N) is 1. The first-order valence-electron chi connectivity index (χ1n) is 9.34. The molecule has 0 bridgehead atoms. The second-order valence-corrected chi connectivity index (χ2v) is 7.36. The molecule has 2 aliphatic rings. The maximum atomic E-state index is 13.0. The van der Waals surface area contributed by atoms with Gasteiger partial charge in [0.2, 0.25) is 0 Å². The minimum Gasteiger partial charge on any atom is -0.385 e. The summed E-state index contributed by atoms with van der Waals surface area (Å²) in [5.41, 5.74) is 0.926. The van der Waals surface area contributed by atoms with Crippen molar-refractivity contribution in [3.05, 3.63) is 71.8 Å². The zero-order valence-corrected chi connectivity index (χ0v) is 14.5. The fourth-order valence-corrected chi connectivity index (χ4v) is 4.77. The van der Waals surface area contributed by atoms with Crippen LogP contribution in [0.3, 0.4) is 0 Å². The van der Waals surface area contributed by atoms with Gasteiger partial charge in [-0.3, -0.25) is 4.79 Å². The average Bonchev–Trinajstić information content (AvgIpc) is 2.69. The molecule has 1 heterocycles. The smallest absolute Gasteiger partial charge is 0.254 e. The molecule has 1 amide bonds. The first-order chi connectivity index (χ1) is 12.2. The molecule has 1 aliphatic carbocycles. The number of piperidine rings is 1. The third kappa shape index (κ3) is 2.87. The molecule has 3 atom stereocenters. The van der Waals surface area contributed by atoms with Crippen LogP contribution in [0.15, 0.2) is 60.7 Å². The summed E-state index contributed by atoms with van der Waals surface area (Å²) < 4.78 is 0. The van der Waals surface area contributed by atoms with Gasteiger partial charge in [-0.05, 0) is 37.0 Å². The molecule has 2 aromatic carbocycles. The number of hydrogen-bond acceptors (Lipinski definition) is 2. The normalized spacial score (nSPS) is 29.1. The van der Waals surface area contributed by atoms with Crippen molar-refractivity contribution in [1.29, 1.82) is 0 Å². The third-order valence-corrected chi connectivity index (χ3v) is 6.03. The highest BCUT2D eigenvalue weighted by Gasteiger charge is 2.50. The number of carbonyl (C=O) groups is 1. The summed E-state index contributed by atoms with van der Waals surface area (Å²) in [4.78, 5) is 15.1. The summed E-state index contributed by atoms with van der Waals surface area (Å²) in [5, 5.41) is 11.6. The van der Waals surface area contributed by atoms with Gasteiger partial charge in [0.25, 0.3) is 5.91 Å². The molecular weight excluding hydrogens is 310 g/mol. The Kier molecular flexibility index (Phi) is 4.34. The fraction of sp³-hybridized carbons (Fsp3) is 0.409. The van der Waals surface area contributed by atoms with E-state index < -0.39 is 5.60 Å². The number of fused-ring (bicyclic) bond motifs is 1. The summed E-state index contributed by atoms with van der Waals surface area (Å²) in [7, 11) is 0. The summed E-state index contributed by atoms with van der Waals surface area (Å²) >= 11 is 0. The maximum absolute atomic E-state index is 13.0. The minimum atomic E-state index is -0.820. The Balaban J connectivity index is 1.66. The molecule has 0 unspecified atom stereocenters. The lowest BCUT2D eigenvalue weighted by Gasteiger charge is -2.52. The predicted molar refractivity (Wildman–Crippen MR) is 98.2 cm³/mol. The van der Waals surface area contributed by atoms with Gasteiger partial charge in [-0.25, -0.2) is 0 Å². The molecular formula is C22H25NO2. The van der Waals surface area contributed by atoms with Crippen LogP contribution in [0, 0.1) is 5.92 Å². The van der Waals surface area contributed by atoms with Crippen molar-refractivity contribution < 1.29 is 9.90 Å². The quantitative estimate of drug-likeness (QED) is 0.902. The van der Waals surface area contributed by atoms with Gasteiger partial charge in [-0.1, -0.05) is 61.4 Å². The molecule has 0 radical (unpaired) electrons. The average molecular weight is 335 g/mol. The second-order valence-electron chi connectivity index (χ2n) is 7.36. The van der Waals surface area contributed by atoms with Crippen LogP contribution in [-0.4, -0.2) is 28.5 Å². The van der Waals surface area contributed by atoms with E-state index in [0.29, 0.717) is 13.0 Å².